The second-order valence-electron chi connectivity index (χ2n) is 7.17. The molecule has 0 bridgehead atoms. The molecule has 0 unspecified atom stereocenters. The molecule has 2 aromatic carbocycles. The van der Waals surface area contributed by atoms with E-state index in [0.29, 0.717) is 5.92 Å². The number of hydrogen-bond acceptors (Lipinski definition) is 1. The minimum absolute atomic E-state index is 0.221. The van der Waals surface area contributed by atoms with Crippen LogP contribution in [-0.2, 0) is 0 Å². The average molecular weight is 313 g/mol. The molecule has 0 aliphatic heterocycles. The van der Waals surface area contributed by atoms with Crippen molar-refractivity contribution in [2.24, 2.45) is 5.92 Å². The zero-order valence-electron chi connectivity index (χ0n) is 14.2. The van der Waals surface area contributed by atoms with Gasteiger partial charge in [-0.1, -0.05) is 92.8 Å². The van der Waals surface area contributed by atoms with Gasteiger partial charge in [-0.05, 0) is 17.9 Å². The Morgan fingerprint density at radius 3 is 1.86 bits per heavy atom. The summed E-state index contributed by atoms with van der Waals surface area (Å²) in [6.45, 7) is 9.12. The van der Waals surface area contributed by atoms with Crippen LogP contribution >= 0.6 is 0 Å². The van der Waals surface area contributed by atoms with Gasteiger partial charge in [0.15, 0.2) is 0 Å². The van der Waals surface area contributed by atoms with Crippen LogP contribution in [0.2, 0.25) is 13.1 Å². The Balaban J connectivity index is 2.44. The number of rotatable bonds is 6. The van der Waals surface area contributed by atoms with Crippen LogP contribution in [-0.4, -0.2) is 19.3 Å². The Hall–Kier alpha value is -1.38. The molecule has 2 atom stereocenters. The highest BCUT2D eigenvalue weighted by atomic mass is 28.3. The quantitative estimate of drug-likeness (QED) is 0.787. The first kappa shape index (κ1) is 17.0. The standard InChI is InChI=1S/C20H28OSi/c1-16(2)15-19(21)20(17-11-7-5-8-12-17)22(3,4)18-13-9-6-10-14-18/h5-14,16,19-21H,15H2,1-4H3/t19-,20+/m1/s1. The summed E-state index contributed by atoms with van der Waals surface area (Å²) in [6.07, 6.45) is 0.562. The van der Waals surface area contributed by atoms with Crippen molar-refractivity contribution in [3.05, 3.63) is 66.2 Å². The summed E-state index contributed by atoms with van der Waals surface area (Å²) in [5.41, 5.74) is 1.50. The molecule has 0 aliphatic carbocycles. The SMILES string of the molecule is CC(C)C[C@@H](O)[C@H](c1ccccc1)[Si](C)(C)c1ccccc1. The van der Waals surface area contributed by atoms with E-state index in [-0.39, 0.29) is 11.6 Å². The molecular weight excluding hydrogens is 284 g/mol. The Kier molecular flexibility index (Phi) is 5.60. The molecule has 0 saturated heterocycles. The van der Waals surface area contributed by atoms with E-state index in [2.05, 4.69) is 81.5 Å². The monoisotopic (exact) mass is 312 g/mol. The van der Waals surface area contributed by atoms with E-state index in [9.17, 15) is 5.11 Å². The van der Waals surface area contributed by atoms with Crippen LogP contribution in [0.1, 0.15) is 31.4 Å². The maximum absolute atomic E-state index is 11.0. The molecule has 1 nitrogen and oxygen atoms in total. The lowest BCUT2D eigenvalue weighted by Crippen LogP contribution is -2.52. The van der Waals surface area contributed by atoms with Gasteiger partial charge < -0.3 is 5.11 Å². The van der Waals surface area contributed by atoms with Crippen molar-refractivity contribution in [2.75, 3.05) is 0 Å². The third-order valence-corrected chi connectivity index (χ3v) is 8.65. The van der Waals surface area contributed by atoms with Crippen LogP contribution in [0.3, 0.4) is 0 Å². The number of benzene rings is 2. The van der Waals surface area contributed by atoms with Crippen LogP contribution in [0.25, 0.3) is 0 Å². The number of aliphatic hydroxyl groups is 1. The smallest absolute Gasteiger partial charge is 0.0909 e. The second kappa shape index (κ2) is 7.25. The predicted molar refractivity (Wildman–Crippen MR) is 98.2 cm³/mol. The van der Waals surface area contributed by atoms with E-state index < -0.39 is 8.07 Å². The first-order chi connectivity index (χ1) is 10.4. The van der Waals surface area contributed by atoms with Gasteiger partial charge in [-0.3, -0.25) is 0 Å². The van der Waals surface area contributed by atoms with E-state index in [4.69, 9.17) is 0 Å². The van der Waals surface area contributed by atoms with Gasteiger partial charge in [-0.15, -0.1) is 0 Å². The second-order valence-corrected chi connectivity index (χ2v) is 11.8. The molecule has 0 aliphatic rings. The summed E-state index contributed by atoms with van der Waals surface area (Å²) in [6, 6.07) is 21.3. The largest absolute Gasteiger partial charge is 0.393 e. The lowest BCUT2D eigenvalue weighted by Gasteiger charge is -2.37. The highest BCUT2D eigenvalue weighted by Crippen LogP contribution is 2.33. The van der Waals surface area contributed by atoms with Crippen molar-refractivity contribution in [2.45, 2.75) is 45.0 Å². The lowest BCUT2D eigenvalue weighted by atomic mass is 9.99. The molecule has 0 heterocycles. The highest BCUT2D eigenvalue weighted by molar-refractivity contribution is 6.91. The van der Waals surface area contributed by atoms with E-state index in [1.807, 2.05) is 6.07 Å². The van der Waals surface area contributed by atoms with Crippen molar-refractivity contribution in [1.82, 2.24) is 0 Å². The number of hydrogen-bond donors (Lipinski definition) is 1. The van der Waals surface area contributed by atoms with E-state index in [0.717, 1.165) is 6.42 Å². The molecule has 0 radical (unpaired) electrons. The van der Waals surface area contributed by atoms with Gasteiger partial charge in [0.2, 0.25) is 0 Å². The molecule has 118 valence electrons. The maximum atomic E-state index is 11.0. The van der Waals surface area contributed by atoms with Crippen molar-refractivity contribution in [3.8, 4) is 0 Å². The lowest BCUT2D eigenvalue weighted by molar-refractivity contribution is 0.141. The van der Waals surface area contributed by atoms with Crippen LogP contribution < -0.4 is 5.19 Å². The first-order valence-electron chi connectivity index (χ1n) is 8.21. The summed E-state index contributed by atoms with van der Waals surface area (Å²) in [4.78, 5) is 0. The van der Waals surface area contributed by atoms with Crippen molar-refractivity contribution in [3.63, 3.8) is 0 Å². The Labute approximate surface area is 136 Å². The fraction of sp³-hybridized carbons (Fsp3) is 0.400. The Morgan fingerprint density at radius 1 is 0.864 bits per heavy atom. The van der Waals surface area contributed by atoms with Crippen LogP contribution in [0.4, 0.5) is 0 Å². The number of aliphatic hydroxyl groups excluding tert-OH is 1. The van der Waals surface area contributed by atoms with Crippen molar-refractivity contribution in [1.29, 1.82) is 0 Å². The van der Waals surface area contributed by atoms with Crippen LogP contribution in [0.15, 0.2) is 60.7 Å². The van der Waals surface area contributed by atoms with Gasteiger partial charge in [0.1, 0.15) is 0 Å². The molecule has 0 aromatic heterocycles. The molecule has 0 fully saturated rings. The molecule has 22 heavy (non-hydrogen) atoms. The molecular formula is C20H28OSi. The molecule has 0 saturated carbocycles. The molecule has 2 rings (SSSR count). The van der Waals surface area contributed by atoms with E-state index in [1.165, 1.54) is 10.8 Å². The van der Waals surface area contributed by atoms with Gasteiger partial charge >= 0.3 is 0 Å². The molecule has 0 amide bonds. The van der Waals surface area contributed by atoms with E-state index in [1.54, 1.807) is 0 Å². The third kappa shape index (κ3) is 3.87. The summed E-state index contributed by atoms with van der Waals surface area (Å²) < 4.78 is 0. The fourth-order valence-electron chi connectivity index (χ4n) is 3.45. The van der Waals surface area contributed by atoms with Crippen molar-refractivity contribution < 1.29 is 5.11 Å². The zero-order valence-corrected chi connectivity index (χ0v) is 15.2. The van der Waals surface area contributed by atoms with E-state index >= 15 is 0 Å². The zero-order chi connectivity index (χ0) is 16.2. The molecule has 0 spiro atoms. The summed E-state index contributed by atoms with van der Waals surface area (Å²) in [5.74, 6) is 0.502. The third-order valence-electron chi connectivity index (χ3n) is 4.55. The van der Waals surface area contributed by atoms with Gasteiger partial charge in [0.05, 0.1) is 14.2 Å². The van der Waals surface area contributed by atoms with Gasteiger partial charge in [-0.2, -0.15) is 0 Å². The summed E-state index contributed by atoms with van der Waals surface area (Å²) >= 11 is 0. The van der Waals surface area contributed by atoms with Gasteiger partial charge in [-0.25, -0.2) is 0 Å². The fourth-order valence-corrected chi connectivity index (χ4v) is 6.98. The van der Waals surface area contributed by atoms with Gasteiger partial charge in [0.25, 0.3) is 0 Å². The Morgan fingerprint density at radius 2 is 1.36 bits per heavy atom. The van der Waals surface area contributed by atoms with Crippen LogP contribution in [0, 0.1) is 5.92 Å². The first-order valence-corrected chi connectivity index (χ1v) is 11.3. The maximum Gasteiger partial charge on any atom is 0.0909 e. The van der Waals surface area contributed by atoms with Crippen LogP contribution in [0.5, 0.6) is 0 Å². The molecule has 2 aromatic rings. The highest BCUT2D eigenvalue weighted by Gasteiger charge is 2.39. The molecule has 1 N–H and O–H groups in total. The van der Waals surface area contributed by atoms with Gasteiger partial charge in [0, 0.05) is 5.54 Å². The summed E-state index contributed by atoms with van der Waals surface area (Å²) in [5, 5.41) is 12.4. The normalized spacial score (nSPS) is 14.8. The minimum atomic E-state index is -1.83. The Bertz CT molecular complexity index is 563. The minimum Gasteiger partial charge on any atom is -0.393 e. The topological polar surface area (TPSA) is 20.2 Å². The summed E-state index contributed by atoms with van der Waals surface area (Å²) in [7, 11) is -1.83. The average Bonchev–Trinajstić information content (AvgIpc) is 2.48. The molecule has 2 heteroatoms. The van der Waals surface area contributed by atoms with Crippen molar-refractivity contribution >= 4 is 13.3 Å². The predicted octanol–water partition coefficient (Wildman–Crippen LogP) is 4.33.